The summed E-state index contributed by atoms with van der Waals surface area (Å²) < 4.78 is 37.8. The molecule has 7 nitrogen and oxygen atoms in total. The standard InChI is InChI=1S/C21H24N2O5S2/c1-15(29-17-6-9-19-20(14-17)28-13-12-27-19)21(24)22-16-4-7-18(8-5-16)30(25,26)23-10-2-3-11-23/h4-9,14-15H,2-3,10-13H2,1H3,(H,22,24). The normalized spacial score (nSPS) is 17.5. The summed E-state index contributed by atoms with van der Waals surface area (Å²) in [7, 11) is -3.45. The first-order chi connectivity index (χ1) is 14.4. The van der Waals surface area contributed by atoms with E-state index in [1.165, 1.54) is 16.1 Å². The van der Waals surface area contributed by atoms with Gasteiger partial charge < -0.3 is 14.8 Å². The molecule has 0 spiro atoms. The molecule has 2 aromatic carbocycles. The number of amides is 1. The first-order valence-corrected chi connectivity index (χ1v) is 12.2. The maximum Gasteiger partial charge on any atom is 0.243 e. The fourth-order valence-electron chi connectivity index (χ4n) is 3.39. The van der Waals surface area contributed by atoms with Gasteiger partial charge in [0.25, 0.3) is 0 Å². The van der Waals surface area contributed by atoms with Gasteiger partial charge in [-0.2, -0.15) is 4.31 Å². The van der Waals surface area contributed by atoms with E-state index < -0.39 is 10.0 Å². The number of fused-ring (bicyclic) bond motifs is 1. The molecule has 1 fully saturated rings. The van der Waals surface area contributed by atoms with Crippen molar-refractivity contribution in [3.8, 4) is 11.5 Å². The number of carbonyl (C=O) groups is 1. The van der Waals surface area contributed by atoms with Crippen LogP contribution in [-0.4, -0.2) is 50.2 Å². The number of rotatable bonds is 6. The van der Waals surface area contributed by atoms with Crippen molar-refractivity contribution in [3.05, 3.63) is 42.5 Å². The zero-order valence-corrected chi connectivity index (χ0v) is 18.3. The summed E-state index contributed by atoms with van der Waals surface area (Å²) in [6.07, 6.45) is 1.79. The fraction of sp³-hybridized carbons (Fsp3) is 0.381. The smallest absolute Gasteiger partial charge is 0.243 e. The van der Waals surface area contributed by atoms with Crippen LogP contribution in [0.3, 0.4) is 0 Å². The Morgan fingerprint density at radius 2 is 1.70 bits per heavy atom. The molecule has 1 amide bonds. The van der Waals surface area contributed by atoms with Gasteiger partial charge in [-0.15, -0.1) is 11.8 Å². The van der Waals surface area contributed by atoms with Gasteiger partial charge in [0.15, 0.2) is 11.5 Å². The highest BCUT2D eigenvalue weighted by Crippen LogP contribution is 2.35. The Balaban J connectivity index is 1.37. The number of thioether (sulfide) groups is 1. The number of ether oxygens (including phenoxy) is 2. The van der Waals surface area contributed by atoms with Gasteiger partial charge in [-0.1, -0.05) is 0 Å². The molecule has 0 aliphatic carbocycles. The molecule has 2 aliphatic heterocycles. The van der Waals surface area contributed by atoms with Crippen LogP contribution < -0.4 is 14.8 Å². The van der Waals surface area contributed by atoms with Crippen LogP contribution in [0.15, 0.2) is 52.3 Å². The number of hydrogen-bond acceptors (Lipinski definition) is 6. The van der Waals surface area contributed by atoms with Crippen molar-refractivity contribution in [1.82, 2.24) is 4.31 Å². The molecule has 9 heteroatoms. The van der Waals surface area contributed by atoms with Crippen molar-refractivity contribution >= 4 is 33.4 Å². The summed E-state index contributed by atoms with van der Waals surface area (Å²) in [6.45, 7) is 4.00. The SMILES string of the molecule is CC(Sc1ccc2c(c1)OCCO2)C(=O)Nc1ccc(S(=O)(=O)N2CCCC2)cc1. The molecule has 160 valence electrons. The molecule has 2 heterocycles. The van der Waals surface area contributed by atoms with Gasteiger partial charge in [-0.3, -0.25) is 4.79 Å². The van der Waals surface area contributed by atoms with Crippen molar-refractivity contribution in [2.24, 2.45) is 0 Å². The summed E-state index contributed by atoms with van der Waals surface area (Å²) in [4.78, 5) is 13.7. The second-order valence-corrected chi connectivity index (χ2v) is 10.5. The van der Waals surface area contributed by atoms with Crippen LogP contribution in [0.1, 0.15) is 19.8 Å². The van der Waals surface area contributed by atoms with Crippen LogP contribution in [-0.2, 0) is 14.8 Å². The van der Waals surface area contributed by atoms with Crippen LogP contribution in [0.2, 0.25) is 0 Å². The Hall–Kier alpha value is -2.23. The molecule has 30 heavy (non-hydrogen) atoms. The number of sulfonamides is 1. The van der Waals surface area contributed by atoms with Gasteiger partial charge in [-0.25, -0.2) is 8.42 Å². The third kappa shape index (κ3) is 4.58. The van der Waals surface area contributed by atoms with Crippen molar-refractivity contribution in [1.29, 1.82) is 0 Å². The van der Waals surface area contributed by atoms with E-state index in [0.717, 1.165) is 17.7 Å². The molecule has 1 saturated heterocycles. The Labute approximate surface area is 180 Å². The molecule has 0 bridgehead atoms. The summed E-state index contributed by atoms with van der Waals surface area (Å²) in [6, 6.07) is 12.0. The second-order valence-electron chi connectivity index (χ2n) is 7.19. The average molecular weight is 449 g/mol. The molecule has 1 atom stereocenters. The number of hydrogen-bond donors (Lipinski definition) is 1. The Morgan fingerprint density at radius 1 is 1.03 bits per heavy atom. The van der Waals surface area contributed by atoms with Crippen molar-refractivity contribution in [3.63, 3.8) is 0 Å². The largest absolute Gasteiger partial charge is 0.486 e. The topological polar surface area (TPSA) is 84.9 Å². The first-order valence-electron chi connectivity index (χ1n) is 9.91. The number of anilines is 1. The minimum Gasteiger partial charge on any atom is -0.486 e. The second kappa shape index (κ2) is 8.87. The average Bonchev–Trinajstić information content (AvgIpc) is 3.30. The monoisotopic (exact) mass is 448 g/mol. The van der Waals surface area contributed by atoms with E-state index in [9.17, 15) is 13.2 Å². The lowest BCUT2D eigenvalue weighted by Gasteiger charge is -2.19. The van der Waals surface area contributed by atoms with E-state index in [1.807, 2.05) is 25.1 Å². The summed E-state index contributed by atoms with van der Waals surface area (Å²) >= 11 is 1.42. The maximum absolute atomic E-state index is 12.6. The number of nitrogens with zero attached hydrogens (tertiary/aromatic N) is 1. The molecule has 1 N–H and O–H groups in total. The molecular weight excluding hydrogens is 424 g/mol. The van der Waals surface area contributed by atoms with Gasteiger partial charge in [0, 0.05) is 23.7 Å². The van der Waals surface area contributed by atoms with E-state index in [-0.39, 0.29) is 16.1 Å². The van der Waals surface area contributed by atoms with Crippen LogP contribution >= 0.6 is 11.8 Å². The van der Waals surface area contributed by atoms with Gasteiger partial charge >= 0.3 is 0 Å². The molecule has 0 saturated carbocycles. The Kier molecular flexibility index (Phi) is 6.21. The number of benzene rings is 2. The molecular formula is C21H24N2O5S2. The lowest BCUT2D eigenvalue weighted by Crippen LogP contribution is -2.27. The Morgan fingerprint density at radius 3 is 2.40 bits per heavy atom. The predicted molar refractivity (Wildman–Crippen MR) is 116 cm³/mol. The van der Waals surface area contributed by atoms with E-state index in [4.69, 9.17) is 9.47 Å². The number of carbonyl (C=O) groups excluding carboxylic acids is 1. The van der Waals surface area contributed by atoms with Crippen molar-refractivity contribution in [2.75, 3.05) is 31.6 Å². The lowest BCUT2D eigenvalue weighted by atomic mass is 10.3. The fourth-order valence-corrected chi connectivity index (χ4v) is 5.80. The van der Waals surface area contributed by atoms with Gasteiger partial charge in [0.2, 0.25) is 15.9 Å². The van der Waals surface area contributed by atoms with E-state index in [1.54, 1.807) is 24.3 Å². The molecule has 1 unspecified atom stereocenters. The predicted octanol–water partition coefficient (Wildman–Crippen LogP) is 3.36. The summed E-state index contributed by atoms with van der Waals surface area (Å²) in [5.41, 5.74) is 0.565. The maximum atomic E-state index is 12.6. The van der Waals surface area contributed by atoms with Crippen LogP contribution in [0.4, 0.5) is 5.69 Å². The zero-order valence-electron chi connectivity index (χ0n) is 16.7. The third-order valence-corrected chi connectivity index (χ3v) is 8.03. The highest BCUT2D eigenvalue weighted by molar-refractivity contribution is 8.00. The third-order valence-electron chi connectivity index (χ3n) is 5.02. The van der Waals surface area contributed by atoms with Crippen LogP contribution in [0, 0.1) is 0 Å². The van der Waals surface area contributed by atoms with Crippen molar-refractivity contribution < 1.29 is 22.7 Å². The number of nitrogens with one attached hydrogen (secondary N) is 1. The highest BCUT2D eigenvalue weighted by Gasteiger charge is 2.27. The van der Waals surface area contributed by atoms with Gasteiger partial charge in [0.1, 0.15) is 13.2 Å². The van der Waals surface area contributed by atoms with E-state index in [2.05, 4.69) is 5.32 Å². The summed E-state index contributed by atoms with van der Waals surface area (Å²) in [5.74, 6) is 1.24. The highest BCUT2D eigenvalue weighted by atomic mass is 32.2. The van der Waals surface area contributed by atoms with E-state index >= 15 is 0 Å². The van der Waals surface area contributed by atoms with E-state index in [0.29, 0.717) is 43.5 Å². The van der Waals surface area contributed by atoms with Crippen LogP contribution in [0.25, 0.3) is 0 Å². The Bertz CT molecular complexity index is 1020. The minimum atomic E-state index is -3.45. The molecule has 0 radical (unpaired) electrons. The molecule has 4 rings (SSSR count). The zero-order chi connectivity index (χ0) is 21.1. The molecule has 0 aromatic heterocycles. The summed E-state index contributed by atoms with van der Waals surface area (Å²) in [5, 5.41) is 2.50. The van der Waals surface area contributed by atoms with Crippen molar-refractivity contribution in [2.45, 2.75) is 34.8 Å². The van der Waals surface area contributed by atoms with Gasteiger partial charge in [0.05, 0.1) is 10.1 Å². The van der Waals surface area contributed by atoms with Gasteiger partial charge in [-0.05, 0) is 62.2 Å². The quantitative estimate of drug-likeness (QED) is 0.682. The minimum absolute atomic E-state index is 0.162. The molecule has 2 aromatic rings. The molecule has 2 aliphatic rings. The van der Waals surface area contributed by atoms with Crippen LogP contribution in [0.5, 0.6) is 11.5 Å². The first kappa shape index (κ1) is 21.0. The lowest BCUT2D eigenvalue weighted by molar-refractivity contribution is -0.115.